The van der Waals surface area contributed by atoms with E-state index in [4.69, 9.17) is 4.42 Å². The predicted octanol–water partition coefficient (Wildman–Crippen LogP) is 4.90. The van der Waals surface area contributed by atoms with Gasteiger partial charge in [0.25, 0.3) is 0 Å². The normalized spacial score (nSPS) is 11.4. The van der Waals surface area contributed by atoms with Gasteiger partial charge in [0.15, 0.2) is 0 Å². The van der Waals surface area contributed by atoms with Crippen LogP contribution in [0.1, 0.15) is 25.8 Å². The number of rotatable bonds is 5. The lowest BCUT2D eigenvalue weighted by atomic mass is 9.99. The second-order valence-corrected chi connectivity index (χ2v) is 6.95. The molecule has 0 fully saturated rings. The van der Waals surface area contributed by atoms with Gasteiger partial charge in [-0.3, -0.25) is 9.59 Å². The third-order valence-electron chi connectivity index (χ3n) is 5.40. The predicted molar refractivity (Wildman–Crippen MR) is 114 cm³/mol. The molecule has 4 aromatic rings. The standard InChI is InChI=1S/C24H23NO3/c1-3-25(4-2)21(26)15-13-17-9-7-11-19-22(17)24(27)23-18-10-6-5-8-16(18)12-14-20(23)28-19/h5-12,14H,3-4,13,15H2,1-2H3. The van der Waals surface area contributed by atoms with Gasteiger partial charge in [-0.05, 0) is 48.7 Å². The second-order valence-electron chi connectivity index (χ2n) is 6.95. The van der Waals surface area contributed by atoms with Gasteiger partial charge in [-0.2, -0.15) is 0 Å². The van der Waals surface area contributed by atoms with E-state index in [0.29, 0.717) is 47.9 Å². The van der Waals surface area contributed by atoms with E-state index >= 15 is 0 Å². The van der Waals surface area contributed by atoms with Gasteiger partial charge in [0, 0.05) is 19.5 Å². The Kier molecular flexibility index (Phi) is 4.86. The minimum Gasteiger partial charge on any atom is -0.456 e. The summed E-state index contributed by atoms with van der Waals surface area (Å²) in [5, 5.41) is 3.09. The van der Waals surface area contributed by atoms with Crippen molar-refractivity contribution in [2.45, 2.75) is 26.7 Å². The van der Waals surface area contributed by atoms with E-state index in [1.54, 1.807) is 0 Å². The van der Waals surface area contributed by atoms with Gasteiger partial charge in [-0.15, -0.1) is 0 Å². The Morgan fingerprint density at radius 2 is 1.64 bits per heavy atom. The molecule has 1 aromatic heterocycles. The molecule has 3 aromatic carbocycles. The molecule has 0 unspecified atom stereocenters. The molecule has 28 heavy (non-hydrogen) atoms. The van der Waals surface area contributed by atoms with E-state index in [2.05, 4.69) is 0 Å². The van der Waals surface area contributed by atoms with Crippen LogP contribution in [0.15, 0.2) is 63.8 Å². The van der Waals surface area contributed by atoms with Crippen LogP contribution in [-0.4, -0.2) is 23.9 Å². The first-order valence-electron chi connectivity index (χ1n) is 9.78. The molecular weight excluding hydrogens is 350 g/mol. The number of carbonyl (C=O) groups excluding carboxylic acids is 1. The maximum Gasteiger partial charge on any atom is 0.222 e. The van der Waals surface area contributed by atoms with Gasteiger partial charge < -0.3 is 9.32 Å². The molecule has 0 bridgehead atoms. The lowest BCUT2D eigenvalue weighted by Gasteiger charge is -2.18. The Bertz CT molecular complexity index is 1240. The van der Waals surface area contributed by atoms with Gasteiger partial charge >= 0.3 is 0 Å². The van der Waals surface area contributed by atoms with E-state index in [1.165, 1.54) is 0 Å². The molecule has 1 amide bonds. The number of benzene rings is 3. The highest BCUT2D eigenvalue weighted by Crippen LogP contribution is 2.27. The zero-order chi connectivity index (χ0) is 19.7. The van der Waals surface area contributed by atoms with Gasteiger partial charge in [0.1, 0.15) is 11.2 Å². The van der Waals surface area contributed by atoms with E-state index in [9.17, 15) is 9.59 Å². The van der Waals surface area contributed by atoms with Crippen LogP contribution in [0.3, 0.4) is 0 Å². The molecule has 4 nitrogen and oxygen atoms in total. The Morgan fingerprint density at radius 1 is 0.893 bits per heavy atom. The second kappa shape index (κ2) is 7.47. The molecule has 0 atom stereocenters. The van der Waals surface area contributed by atoms with E-state index in [1.807, 2.05) is 73.3 Å². The van der Waals surface area contributed by atoms with E-state index in [0.717, 1.165) is 16.3 Å². The van der Waals surface area contributed by atoms with Crippen LogP contribution < -0.4 is 5.43 Å². The summed E-state index contributed by atoms with van der Waals surface area (Å²) in [5.41, 5.74) is 1.99. The summed E-state index contributed by atoms with van der Waals surface area (Å²) >= 11 is 0. The number of hydrogen-bond acceptors (Lipinski definition) is 3. The van der Waals surface area contributed by atoms with Crippen LogP contribution in [0.25, 0.3) is 32.7 Å². The summed E-state index contributed by atoms with van der Waals surface area (Å²) in [6.07, 6.45) is 0.904. The highest BCUT2D eigenvalue weighted by Gasteiger charge is 2.16. The molecule has 4 heteroatoms. The summed E-state index contributed by atoms with van der Waals surface area (Å²) < 4.78 is 6.08. The molecular formula is C24H23NO3. The molecule has 0 aliphatic heterocycles. The van der Waals surface area contributed by atoms with Crippen molar-refractivity contribution in [2.75, 3.05) is 13.1 Å². The van der Waals surface area contributed by atoms with Crippen molar-refractivity contribution in [3.63, 3.8) is 0 Å². The summed E-state index contributed by atoms with van der Waals surface area (Å²) in [6, 6.07) is 17.3. The summed E-state index contributed by atoms with van der Waals surface area (Å²) in [6.45, 7) is 5.35. The van der Waals surface area contributed by atoms with Crippen molar-refractivity contribution in [2.24, 2.45) is 0 Å². The smallest absolute Gasteiger partial charge is 0.222 e. The fourth-order valence-corrected chi connectivity index (χ4v) is 3.92. The Labute approximate surface area is 163 Å². The van der Waals surface area contributed by atoms with Crippen molar-refractivity contribution >= 4 is 38.6 Å². The minimum atomic E-state index is -0.0288. The molecule has 0 N–H and O–H groups in total. The van der Waals surface area contributed by atoms with Crippen LogP contribution >= 0.6 is 0 Å². The molecule has 0 saturated heterocycles. The Balaban J connectivity index is 1.86. The molecule has 0 aliphatic rings. The van der Waals surface area contributed by atoms with Gasteiger partial charge in [0.2, 0.25) is 11.3 Å². The SMILES string of the molecule is CCN(CC)C(=O)CCc1cccc2oc3ccc4ccccc4c3c(=O)c12. The lowest BCUT2D eigenvalue weighted by molar-refractivity contribution is -0.130. The summed E-state index contributed by atoms with van der Waals surface area (Å²) in [5.74, 6) is 0.109. The first-order valence-corrected chi connectivity index (χ1v) is 9.78. The Hall–Kier alpha value is -3.14. The number of hydrogen-bond donors (Lipinski definition) is 0. The average Bonchev–Trinajstić information content (AvgIpc) is 2.72. The number of amides is 1. The fraction of sp³-hybridized carbons (Fsp3) is 0.250. The molecule has 1 heterocycles. The maximum atomic E-state index is 13.5. The lowest BCUT2D eigenvalue weighted by Crippen LogP contribution is -2.30. The number of carbonyl (C=O) groups is 1. The highest BCUT2D eigenvalue weighted by atomic mass is 16.3. The van der Waals surface area contributed by atoms with Crippen LogP contribution in [0.2, 0.25) is 0 Å². The molecule has 0 spiro atoms. The third kappa shape index (κ3) is 3.05. The molecule has 4 rings (SSSR count). The molecule has 0 aliphatic carbocycles. The summed E-state index contributed by atoms with van der Waals surface area (Å²) in [4.78, 5) is 27.7. The van der Waals surface area contributed by atoms with Crippen molar-refractivity contribution in [1.29, 1.82) is 0 Å². The topological polar surface area (TPSA) is 50.5 Å². The van der Waals surface area contributed by atoms with Crippen LogP contribution in [0.5, 0.6) is 0 Å². The van der Waals surface area contributed by atoms with Gasteiger partial charge in [0.05, 0.1) is 10.8 Å². The van der Waals surface area contributed by atoms with Crippen LogP contribution in [-0.2, 0) is 11.2 Å². The molecule has 0 radical (unpaired) electrons. The Morgan fingerprint density at radius 3 is 2.43 bits per heavy atom. The van der Waals surface area contributed by atoms with Crippen molar-refractivity contribution in [1.82, 2.24) is 4.90 Å². The van der Waals surface area contributed by atoms with E-state index < -0.39 is 0 Å². The first-order chi connectivity index (χ1) is 13.6. The van der Waals surface area contributed by atoms with Crippen molar-refractivity contribution < 1.29 is 9.21 Å². The van der Waals surface area contributed by atoms with Gasteiger partial charge in [-0.1, -0.05) is 42.5 Å². The number of nitrogens with zero attached hydrogens (tertiary/aromatic N) is 1. The number of aryl methyl sites for hydroxylation is 1. The van der Waals surface area contributed by atoms with Crippen LogP contribution in [0.4, 0.5) is 0 Å². The van der Waals surface area contributed by atoms with Crippen molar-refractivity contribution in [3.8, 4) is 0 Å². The highest BCUT2D eigenvalue weighted by molar-refractivity contribution is 6.08. The van der Waals surface area contributed by atoms with E-state index in [-0.39, 0.29) is 11.3 Å². The first kappa shape index (κ1) is 18.2. The maximum absolute atomic E-state index is 13.5. The quantitative estimate of drug-likeness (QED) is 0.369. The average molecular weight is 373 g/mol. The fourth-order valence-electron chi connectivity index (χ4n) is 3.92. The number of fused-ring (bicyclic) bond motifs is 4. The monoisotopic (exact) mass is 373 g/mol. The minimum absolute atomic E-state index is 0.0288. The largest absolute Gasteiger partial charge is 0.456 e. The summed E-state index contributed by atoms with van der Waals surface area (Å²) in [7, 11) is 0. The third-order valence-corrected chi connectivity index (χ3v) is 5.40. The molecule has 0 saturated carbocycles. The van der Waals surface area contributed by atoms with Crippen LogP contribution in [0, 0.1) is 0 Å². The zero-order valence-corrected chi connectivity index (χ0v) is 16.2. The molecule has 142 valence electrons. The zero-order valence-electron chi connectivity index (χ0n) is 16.2. The van der Waals surface area contributed by atoms with Crippen molar-refractivity contribution in [3.05, 3.63) is 70.4 Å². The van der Waals surface area contributed by atoms with Gasteiger partial charge in [-0.25, -0.2) is 0 Å².